The topological polar surface area (TPSA) is 63.8 Å². The summed E-state index contributed by atoms with van der Waals surface area (Å²) in [5, 5.41) is 7.24. The quantitative estimate of drug-likeness (QED) is 0.899. The Kier molecular flexibility index (Phi) is 3.98. The van der Waals surface area contributed by atoms with Crippen LogP contribution in [0.3, 0.4) is 0 Å². The van der Waals surface area contributed by atoms with E-state index in [1.165, 1.54) is 0 Å². The Hall–Kier alpha value is -1.11. The van der Waals surface area contributed by atoms with Gasteiger partial charge >= 0.3 is 0 Å². The van der Waals surface area contributed by atoms with Gasteiger partial charge < -0.3 is 4.52 Å². The Morgan fingerprint density at radius 2 is 2.41 bits per heavy atom. The molecule has 0 aliphatic carbocycles. The van der Waals surface area contributed by atoms with Gasteiger partial charge in [0, 0.05) is 29.6 Å². The molecule has 0 saturated carbocycles. The molecule has 0 radical (unpaired) electrons. The molecular weight excluding hydrogens is 260 g/mol. The number of pyridine rings is 1. The number of nitrogens with zero attached hydrogens (tertiary/aromatic N) is 3. The van der Waals surface area contributed by atoms with E-state index in [4.69, 9.17) is 4.52 Å². The molecule has 1 N–H and O–H groups in total. The number of nitrogens with one attached hydrogen (secondary N) is 1. The zero-order chi connectivity index (χ0) is 10.8. The molecule has 1 saturated heterocycles. The molecule has 2 aromatic rings. The van der Waals surface area contributed by atoms with E-state index < -0.39 is 0 Å². The van der Waals surface area contributed by atoms with Gasteiger partial charge in [0.05, 0.1) is 6.04 Å². The Morgan fingerprint density at radius 1 is 1.47 bits per heavy atom. The van der Waals surface area contributed by atoms with Crippen LogP contribution in [0.15, 0.2) is 29.0 Å². The summed E-state index contributed by atoms with van der Waals surface area (Å²) in [4.78, 5) is 8.40. The maximum absolute atomic E-state index is 5.24. The van der Waals surface area contributed by atoms with Gasteiger partial charge in [-0.15, -0.1) is 24.2 Å². The molecule has 1 atom stereocenters. The number of hydrogen-bond donors (Lipinski definition) is 1. The van der Waals surface area contributed by atoms with Gasteiger partial charge in [-0.3, -0.25) is 10.3 Å². The lowest BCUT2D eigenvalue weighted by Crippen LogP contribution is -2.14. The van der Waals surface area contributed by atoms with Crippen LogP contribution in [0.4, 0.5) is 0 Å². The minimum atomic E-state index is 0. The standard InChI is InChI=1S/C10H10N4OS.ClH/c1-2-7(4-11-3-1)9-13-10(15-14-9)8-5-16-6-12-8;/h1-4,8,12H,5-6H2;1H. The molecular formula is C10H11ClN4OS. The molecule has 0 bridgehead atoms. The van der Waals surface area contributed by atoms with Crippen molar-refractivity contribution in [1.82, 2.24) is 20.4 Å². The lowest BCUT2D eigenvalue weighted by Gasteiger charge is -2.00. The summed E-state index contributed by atoms with van der Waals surface area (Å²) in [5.41, 5.74) is 0.878. The molecule has 1 aliphatic heterocycles. The highest BCUT2D eigenvalue weighted by atomic mass is 35.5. The highest BCUT2D eigenvalue weighted by Gasteiger charge is 2.22. The van der Waals surface area contributed by atoms with Gasteiger partial charge in [-0.1, -0.05) is 5.16 Å². The second-order valence-electron chi connectivity index (χ2n) is 3.47. The van der Waals surface area contributed by atoms with Crippen LogP contribution in [0.1, 0.15) is 11.9 Å². The fraction of sp³-hybridized carbons (Fsp3) is 0.300. The first-order chi connectivity index (χ1) is 7.93. The molecule has 5 nitrogen and oxygen atoms in total. The number of thioether (sulfide) groups is 1. The van der Waals surface area contributed by atoms with E-state index >= 15 is 0 Å². The fourth-order valence-electron chi connectivity index (χ4n) is 1.54. The van der Waals surface area contributed by atoms with Crippen LogP contribution in [0, 0.1) is 0 Å². The first kappa shape index (κ1) is 12.3. The molecule has 0 spiro atoms. The lowest BCUT2D eigenvalue weighted by molar-refractivity contribution is 0.351. The van der Waals surface area contributed by atoms with Crippen LogP contribution >= 0.6 is 24.2 Å². The summed E-state index contributed by atoms with van der Waals surface area (Å²) in [6, 6.07) is 3.95. The van der Waals surface area contributed by atoms with Gasteiger partial charge in [0.25, 0.3) is 0 Å². The van der Waals surface area contributed by atoms with Gasteiger partial charge in [-0.05, 0) is 12.1 Å². The normalized spacial score (nSPS) is 18.9. The van der Waals surface area contributed by atoms with Gasteiger partial charge in [-0.2, -0.15) is 4.98 Å². The third kappa shape index (κ3) is 2.59. The van der Waals surface area contributed by atoms with E-state index in [0.29, 0.717) is 11.7 Å². The Morgan fingerprint density at radius 3 is 3.12 bits per heavy atom. The smallest absolute Gasteiger partial charge is 0.244 e. The van der Waals surface area contributed by atoms with E-state index in [9.17, 15) is 0 Å². The molecule has 1 unspecified atom stereocenters. The molecule has 3 heterocycles. The van der Waals surface area contributed by atoms with Gasteiger partial charge in [0.1, 0.15) is 0 Å². The molecule has 7 heteroatoms. The molecule has 90 valence electrons. The zero-order valence-corrected chi connectivity index (χ0v) is 10.5. The van der Waals surface area contributed by atoms with Crippen LogP contribution in [-0.2, 0) is 0 Å². The van der Waals surface area contributed by atoms with Crippen LogP contribution in [0.5, 0.6) is 0 Å². The van der Waals surface area contributed by atoms with Crippen LogP contribution in [0.2, 0.25) is 0 Å². The molecule has 0 amide bonds. The molecule has 3 rings (SSSR count). The summed E-state index contributed by atoms with van der Waals surface area (Å²) in [5.74, 6) is 3.18. The Bertz CT molecular complexity index is 472. The van der Waals surface area contributed by atoms with Crippen LogP contribution in [0.25, 0.3) is 11.4 Å². The molecule has 0 aromatic carbocycles. The van der Waals surface area contributed by atoms with Crippen molar-refractivity contribution in [2.24, 2.45) is 0 Å². The largest absolute Gasteiger partial charge is 0.337 e. The van der Waals surface area contributed by atoms with E-state index in [2.05, 4.69) is 20.4 Å². The number of aromatic nitrogens is 3. The minimum Gasteiger partial charge on any atom is -0.337 e. The number of halogens is 1. The van der Waals surface area contributed by atoms with Crippen molar-refractivity contribution in [2.75, 3.05) is 11.6 Å². The Balaban J connectivity index is 0.00000108. The van der Waals surface area contributed by atoms with Crippen molar-refractivity contribution in [1.29, 1.82) is 0 Å². The first-order valence-corrected chi connectivity index (χ1v) is 6.14. The van der Waals surface area contributed by atoms with Gasteiger partial charge in [0.2, 0.25) is 11.7 Å². The maximum Gasteiger partial charge on any atom is 0.244 e. The first-order valence-electron chi connectivity index (χ1n) is 4.98. The molecule has 1 fully saturated rings. The monoisotopic (exact) mass is 270 g/mol. The van der Waals surface area contributed by atoms with Crippen molar-refractivity contribution in [3.05, 3.63) is 30.4 Å². The summed E-state index contributed by atoms with van der Waals surface area (Å²) < 4.78 is 5.24. The van der Waals surface area contributed by atoms with Crippen molar-refractivity contribution >= 4 is 24.2 Å². The highest BCUT2D eigenvalue weighted by molar-refractivity contribution is 7.99. The lowest BCUT2D eigenvalue weighted by atomic mass is 10.3. The van der Waals surface area contributed by atoms with E-state index in [1.54, 1.807) is 12.4 Å². The second kappa shape index (κ2) is 5.48. The highest BCUT2D eigenvalue weighted by Crippen LogP contribution is 2.24. The molecule has 1 aliphatic rings. The van der Waals surface area contributed by atoms with E-state index in [1.807, 2.05) is 23.9 Å². The van der Waals surface area contributed by atoms with Crippen LogP contribution in [-0.4, -0.2) is 26.8 Å². The van der Waals surface area contributed by atoms with Crippen molar-refractivity contribution in [2.45, 2.75) is 6.04 Å². The number of rotatable bonds is 2. The third-order valence-corrected chi connectivity index (χ3v) is 3.32. The summed E-state index contributed by atoms with van der Waals surface area (Å²) in [6.07, 6.45) is 3.45. The predicted octanol–water partition coefficient (Wildman–Crippen LogP) is 1.89. The van der Waals surface area contributed by atoms with Crippen molar-refractivity contribution in [3.63, 3.8) is 0 Å². The van der Waals surface area contributed by atoms with Gasteiger partial charge in [-0.25, -0.2) is 0 Å². The molecule has 2 aromatic heterocycles. The third-order valence-electron chi connectivity index (χ3n) is 2.38. The number of hydrogen-bond acceptors (Lipinski definition) is 6. The zero-order valence-electron chi connectivity index (χ0n) is 8.87. The second-order valence-corrected chi connectivity index (χ2v) is 4.50. The van der Waals surface area contributed by atoms with Gasteiger partial charge in [0.15, 0.2) is 0 Å². The summed E-state index contributed by atoms with van der Waals surface area (Å²) in [6.45, 7) is 0. The average Bonchev–Trinajstić information content (AvgIpc) is 3.01. The predicted molar refractivity (Wildman–Crippen MR) is 68.0 cm³/mol. The van der Waals surface area contributed by atoms with Crippen LogP contribution < -0.4 is 5.32 Å². The SMILES string of the molecule is Cl.c1cncc(-c2noc(C3CSCN3)n2)c1. The minimum absolute atomic E-state index is 0. The Labute approximate surface area is 109 Å². The molecule has 17 heavy (non-hydrogen) atoms. The van der Waals surface area contributed by atoms with Crippen molar-refractivity contribution in [3.8, 4) is 11.4 Å². The van der Waals surface area contributed by atoms with E-state index in [-0.39, 0.29) is 18.4 Å². The maximum atomic E-state index is 5.24. The summed E-state index contributed by atoms with van der Waals surface area (Å²) >= 11 is 1.83. The van der Waals surface area contributed by atoms with E-state index in [0.717, 1.165) is 17.2 Å². The fourth-order valence-corrected chi connectivity index (χ4v) is 2.48. The summed E-state index contributed by atoms with van der Waals surface area (Å²) in [7, 11) is 0. The average molecular weight is 271 g/mol. The van der Waals surface area contributed by atoms with Crippen molar-refractivity contribution < 1.29 is 4.52 Å².